The van der Waals surface area contributed by atoms with Crippen LogP contribution in [0.15, 0.2) is 48.6 Å². The van der Waals surface area contributed by atoms with Crippen molar-refractivity contribution in [2.75, 3.05) is 5.32 Å². The molecule has 134 valence electrons. The summed E-state index contributed by atoms with van der Waals surface area (Å²) in [5, 5.41) is 15.1. The molecule has 3 heteroatoms. The standard InChI is InChI=1S/C23H25NO2/c1-13(2)15-7-9-16(10-8-15)22-19-6-4-5-18(19)20-12-11-17(23(25)26)14(3)21(20)24-22/h4-5,7-13,18-19,22,24H,6H2,1-3H3,(H,25,26)/p-1/t18-,19+,22+/m0/s1. The first kappa shape index (κ1) is 16.9. The lowest BCUT2D eigenvalue weighted by atomic mass is 9.75. The van der Waals surface area contributed by atoms with Crippen molar-refractivity contribution in [2.45, 2.75) is 45.1 Å². The van der Waals surface area contributed by atoms with Gasteiger partial charge in [-0.3, -0.25) is 0 Å². The molecule has 0 aromatic heterocycles. The topological polar surface area (TPSA) is 52.2 Å². The Labute approximate surface area is 154 Å². The number of benzene rings is 2. The van der Waals surface area contributed by atoms with Crippen LogP contribution >= 0.6 is 0 Å². The quantitative estimate of drug-likeness (QED) is 0.843. The van der Waals surface area contributed by atoms with Gasteiger partial charge in [0.05, 0.1) is 12.0 Å². The molecular formula is C23H24NO2-. The van der Waals surface area contributed by atoms with Crippen LogP contribution in [0.25, 0.3) is 0 Å². The van der Waals surface area contributed by atoms with Gasteiger partial charge in [0.25, 0.3) is 0 Å². The third kappa shape index (κ3) is 2.63. The van der Waals surface area contributed by atoms with Gasteiger partial charge < -0.3 is 15.2 Å². The van der Waals surface area contributed by atoms with E-state index >= 15 is 0 Å². The molecule has 0 spiro atoms. The largest absolute Gasteiger partial charge is 0.545 e. The summed E-state index contributed by atoms with van der Waals surface area (Å²) in [5.74, 6) is 0.183. The maximum Gasteiger partial charge on any atom is 0.0718 e. The van der Waals surface area contributed by atoms with Crippen LogP contribution in [0.5, 0.6) is 0 Å². The average Bonchev–Trinajstić information content (AvgIpc) is 3.11. The molecule has 2 aromatic rings. The highest BCUT2D eigenvalue weighted by atomic mass is 16.4. The summed E-state index contributed by atoms with van der Waals surface area (Å²) >= 11 is 0. The third-order valence-electron chi connectivity index (χ3n) is 5.98. The number of carbonyl (C=O) groups is 1. The fraction of sp³-hybridized carbons (Fsp3) is 0.348. The van der Waals surface area contributed by atoms with Crippen molar-refractivity contribution in [3.63, 3.8) is 0 Å². The van der Waals surface area contributed by atoms with Crippen LogP contribution in [0, 0.1) is 12.8 Å². The minimum absolute atomic E-state index is 0.180. The molecule has 0 unspecified atom stereocenters. The summed E-state index contributed by atoms with van der Waals surface area (Å²) in [6.07, 6.45) is 5.57. The van der Waals surface area contributed by atoms with Gasteiger partial charge in [-0.2, -0.15) is 0 Å². The molecule has 0 bridgehead atoms. The first-order valence-corrected chi connectivity index (χ1v) is 9.35. The molecular weight excluding hydrogens is 322 g/mol. The first-order valence-electron chi connectivity index (χ1n) is 9.35. The molecule has 1 heterocycles. The highest BCUT2D eigenvalue weighted by Gasteiger charge is 2.38. The highest BCUT2D eigenvalue weighted by Crippen LogP contribution is 2.51. The van der Waals surface area contributed by atoms with Gasteiger partial charge in [-0.1, -0.05) is 62.4 Å². The van der Waals surface area contributed by atoms with Crippen LogP contribution in [-0.4, -0.2) is 5.97 Å². The van der Waals surface area contributed by atoms with E-state index in [0.29, 0.717) is 17.8 Å². The van der Waals surface area contributed by atoms with Gasteiger partial charge in [-0.25, -0.2) is 0 Å². The van der Waals surface area contributed by atoms with Crippen molar-refractivity contribution in [1.29, 1.82) is 0 Å². The number of allylic oxidation sites excluding steroid dienone is 2. The van der Waals surface area contributed by atoms with Crippen molar-refractivity contribution in [1.82, 2.24) is 0 Å². The summed E-state index contributed by atoms with van der Waals surface area (Å²) in [6, 6.07) is 12.7. The van der Waals surface area contributed by atoms with Crippen molar-refractivity contribution in [3.05, 3.63) is 76.4 Å². The summed E-state index contributed by atoms with van der Waals surface area (Å²) in [6.45, 7) is 6.27. The van der Waals surface area contributed by atoms with E-state index < -0.39 is 5.97 Å². The van der Waals surface area contributed by atoms with E-state index in [-0.39, 0.29) is 11.6 Å². The maximum absolute atomic E-state index is 11.4. The van der Waals surface area contributed by atoms with Crippen LogP contribution in [0.1, 0.15) is 70.8 Å². The Bertz CT molecular complexity index is 880. The van der Waals surface area contributed by atoms with Crippen LogP contribution in [-0.2, 0) is 0 Å². The maximum atomic E-state index is 11.4. The Morgan fingerprint density at radius 1 is 1.15 bits per heavy atom. The number of rotatable bonds is 3. The lowest BCUT2D eigenvalue weighted by molar-refractivity contribution is -0.255. The van der Waals surface area contributed by atoms with E-state index in [1.165, 1.54) is 16.7 Å². The fourth-order valence-electron chi connectivity index (χ4n) is 4.45. The number of anilines is 1. The normalized spacial score (nSPS) is 23.5. The van der Waals surface area contributed by atoms with Gasteiger partial charge in [0.1, 0.15) is 0 Å². The zero-order valence-electron chi connectivity index (χ0n) is 15.5. The van der Waals surface area contributed by atoms with Crippen LogP contribution in [0.3, 0.4) is 0 Å². The molecule has 26 heavy (non-hydrogen) atoms. The van der Waals surface area contributed by atoms with Gasteiger partial charge >= 0.3 is 0 Å². The lowest BCUT2D eigenvalue weighted by Crippen LogP contribution is -2.31. The molecule has 1 N–H and O–H groups in total. The van der Waals surface area contributed by atoms with Crippen molar-refractivity contribution in [2.24, 2.45) is 5.92 Å². The number of carboxylic acid groups (broad SMARTS) is 1. The predicted octanol–water partition coefficient (Wildman–Crippen LogP) is 4.31. The second-order valence-electron chi connectivity index (χ2n) is 7.79. The van der Waals surface area contributed by atoms with Crippen molar-refractivity contribution >= 4 is 11.7 Å². The molecule has 0 fully saturated rings. The predicted molar refractivity (Wildman–Crippen MR) is 102 cm³/mol. The van der Waals surface area contributed by atoms with E-state index in [4.69, 9.17) is 0 Å². The second kappa shape index (κ2) is 6.31. The lowest BCUT2D eigenvalue weighted by Gasteiger charge is -2.39. The average molecular weight is 346 g/mol. The van der Waals surface area contributed by atoms with Gasteiger partial charge in [-0.15, -0.1) is 0 Å². The number of carbonyl (C=O) groups excluding carboxylic acids is 1. The first-order chi connectivity index (χ1) is 12.5. The second-order valence-corrected chi connectivity index (χ2v) is 7.79. The number of nitrogens with one attached hydrogen (secondary N) is 1. The van der Waals surface area contributed by atoms with Crippen LogP contribution < -0.4 is 10.4 Å². The molecule has 0 radical (unpaired) electrons. The summed E-state index contributed by atoms with van der Waals surface area (Å²) in [7, 11) is 0. The summed E-state index contributed by atoms with van der Waals surface area (Å²) in [5.41, 5.74) is 5.79. The number of hydrogen-bond acceptors (Lipinski definition) is 3. The minimum atomic E-state index is -1.12. The van der Waals surface area contributed by atoms with Gasteiger partial charge in [0.15, 0.2) is 0 Å². The van der Waals surface area contributed by atoms with Crippen molar-refractivity contribution in [3.8, 4) is 0 Å². The molecule has 1 aliphatic heterocycles. The van der Waals surface area contributed by atoms with Crippen LogP contribution in [0.2, 0.25) is 0 Å². The molecule has 4 rings (SSSR count). The Kier molecular flexibility index (Phi) is 4.10. The van der Waals surface area contributed by atoms with Gasteiger partial charge in [-0.05, 0) is 47.4 Å². The smallest absolute Gasteiger partial charge is 0.0718 e. The SMILES string of the molecule is Cc1c(C(=O)[O-])ccc2c1N[C@H](c1ccc(C(C)C)cc1)[C@@H]1CC=C[C@H]21. The third-order valence-corrected chi connectivity index (χ3v) is 5.98. The van der Waals surface area contributed by atoms with E-state index in [2.05, 4.69) is 55.6 Å². The molecule has 0 saturated carbocycles. The minimum Gasteiger partial charge on any atom is -0.545 e. The molecule has 2 aliphatic rings. The summed E-state index contributed by atoms with van der Waals surface area (Å²) in [4.78, 5) is 11.4. The molecule has 1 aliphatic carbocycles. The highest BCUT2D eigenvalue weighted by molar-refractivity contribution is 5.90. The molecule has 0 amide bonds. The van der Waals surface area contributed by atoms with Crippen LogP contribution in [0.4, 0.5) is 5.69 Å². The zero-order chi connectivity index (χ0) is 18.4. The summed E-state index contributed by atoms with van der Waals surface area (Å²) < 4.78 is 0. The van der Waals surface area contributed by atoms with E-state index in [0.717, 1.165) is 17.7 Å². The number of hydrogen-bond donors (Lipinski definition) is 1. The molecule has 3 atom stereocenters. The number of fused-ring (bicyclic) bond motifs is 3. The van der Waals surface area contributed by atoms with E-state index in [1.807, 2.05) is 13.0 Å². The van der Waals surface area contributed by atoms with E-state index in [9.17, 15) is 9.90 Å². The Morgan fingerprint density at radius 3 is 2.54 bits per heavy atom. The van der Waals surface area contributed by atoms with Gasteiger partial charge in [0.2, 0.25) is 0 Å². The van der Waals surface area contributed by atoms with Gasteiger partial charge in [0, 0.05) is 17.2 Å². The molecule has 3 nitrogen and oxygen atoms in total. The molecule has 0 saturated heterocycles. The van der Waals surface area contributed by atoms with Crippen molar-refractivity contribution < 1.29 is 9.90 Å². The fourth-order valence-corrected chi connectivity index (χ4v) is 4.45. The van der Waals surface area contributed by atoms with E-state index in [1.54, 1.807) is 6.07 Å². The Balaban J connectivity index is 1.77. The molecule has 2 aromatic carbocycles. The number of carboxylic acids is 1. The number of aromatic carboxylic acids is 1. The Morgan fingerprint density at radius 2 is 1.88 bits per heavy atom. The zero-order valence-corrected chi connectivity index (χ0v) is 15.5. The Hall–Kier alpha value is -2.55. The monoisotopic (exact) mass is 346 g/mol.